The zero-order valence-electron chi connectivity index (χ0n) is 10.1. The van der Waals surface area contributed by atoms with Crippen LogP contribution >= 0.6 is 11.3 Å². The Balaban J connectivity index is 2.03. The van der Waals surface area contributed by atoms with E-state index < -0.39 is 5.97 Å². The number of aryl methyl sites for hydroxylation is 1. The van der Waals surface area contributed by atoms with Gasteiger partial charge < -0.3 is 9.84 Å². The van der Waals surface area contributed by atoms with E-state index in [1.54, 1.807) is 31.2 Å². The highest BCUT2D eigenvalue weighted by Crippen LogP contribution is 2.20. The van der Waals surface area contributed by atoms with Gasteiger partial charge in [0.1, 0.15) is 28.5 Å². The molecule has 1 N–H and O–H groups in total. The summed E-state index contributed by atoms with van der Waals surface area (Å²) in [4.78, 5) is 25.7. The number of carbonyl (C=O) groups excluding carboxylic acids is 1. The van der Waals surface area contributed by atoms with Crippen molar-refractivity contribution in [3.05, 3.63) is 45.4 Å². The van der Waals surface area contributed by atoms with Crippen molar-refractivity contribution in [3.8, 4) is 5.75 Å². The largest absolute Gasteiger partial charge is 0.486 e. The van der Waals surface area contributed by atoms with Gasteiger partial charge in [-0.25, -0.2) is 9.78 Å². The van der Waals surface area contributed by atoms with Gasteiger partial charge in [-0.05, 0) is 31.2 Å². The van der Waals surface area contributed by atoms with Gasteiger partial charge in [-0.3, -0.25) is 4.79 Å². The molecule has 1 aromatic carbocycles. The Bertz CT molecular complexity index is 604. The van der Waals surface area contributed by atoms with Gasteiger partial charge in [0, 0.05) is 5.56 Å². The summed E-state index contributed by atoms with van der Waals surface area (Å²) in [6, 6.07) is 6.67. The van der Waals surface area contributed by atoms with Crippen LogP contribution < -0.4 is 4.74 Å². The second-order valence-electron chi connectivity index (χ2n) is 3.80. The lowest BCUT2D eigenvalue weighted by molar-refractivity contribution is 0.0701. The number of carboxylic acids is 1. The monoisotopic (exact) mass is 277 g/mol. The minimum absolute atomic E-state index is 0.208. The average molecular weight is 277 g/mol. The first-order chi connectivity index (χ1) is 9.10. The third-order valence-corrected chi connectivity index (χ3v) is 3.53. The molecule has 0 fully saturated rings. The third-order valence-electron chi connectivity index (χ3n) is 2.41. The van der Waals surface area contributed by atoms with Crippen molar-refractivity contribution in [2.45, 2.75) is 13.5 Å². The molecule has 0 spiro atoms. The smallest absolute Gasteiger partial charge is 0.347 e. The normalized spacial score (nSPS) is 10.2. The van der Waals surface area contributed by atoms with Crippen LogP contribution in [-0.2, 0) is 6.61 Å². The molecule has 0 bridgehead atoms. The number of carbonyl (C=O) groups is 2. The number of rotatable bonds is 5. The number of hydrogen-bond acceptors (Lipinski definition) is 5. The fourth-order valence-electron chi connectivity index (χ4n) is 1.50. The van der Waals surface area contributed by atoms with Gasteiger partial charge in [-0.2, -0.15) is 0 Å². The summed E-state index contributed by atoms with van der Waals surface area (Å²) in [5.41, 5.74) is 1.07. The molecule has 0 atom stereocenters. The van der Waals surface area contributed by atoms with Crippen LogP contribution in [0.5, 0.6) is 5.75 Å². The zero-order valence-corrected chi connectivity index (χ0v) is 10.9. The van der Waals surface area contributed by atoms with Crippen molar-refractivity contribution in [2.75, 3.05) is 0 Å². The van der Waals surface area contributed by atoms with E-state index in [1.165, 1.54) is 0 Å². The number of aromatic carboxylic acids is 1. The van der Waals surface area contributed by atoms with E-state index in [2.05, 4.69) is 4.98 Å². The Kier molecular flexibility index (Phi) is 3.91. The molecular formula is C13H11NO4S. The van der Waals surface area contributed by atoms with Crippen LogP contribution in [0.3, 0.4) is 0 Å². The first-order valence-corrected chi connectivity index (χ1v) is 6.29. The van der Waals surface area contributed by atoms with Crippen LogP contribution in [0.4, 0.5) is 0 Å². The Morgan fingerprint density at radius 2 is 2.11 bits per heavy atom. The van der Waals surface area contributed by atoms with Crippen molar-refractivity contribution >= 4 is 23.6 Å². The number of hydrogen-bond donors (Lipinski definition) is 1. The van der Waals surface area contributed by atoms with Gasteiger partial charge >= 0.3 is 5.97 Å². The highest BCUT2D eigenvalue weighted by molar-refractivity contribution is 7.13. The highest BCUT2D eigenvalue weighted by Gasteiger charge is 2.14. The molecule has 0 unspecified atom stereocenters. The van der Waals surface area contributed by atoms with E-state index in [0.29, 0.717) is 22.0 Å². The lowest BCUT2D eigenvalue weighted by atomic mass is 10.2. The van der Waals surface area contributed by atoms with Gasteiger partial charge in [-0.15, -0.1) is 11.3 Å². The third kappa shape index (κ3) is 3.17. The van der Waals surface area contributed by atoms with Crippen LogP contribution in [0.25, 0.3) is 0 Å². The predicted molar refractivity (Wildman–Crippen MR) is 70.0 cm³/mol. The summed E-state index contributed by atoms with van der Waals surface area (Å²) in [7, 11) is 0. The fourth-order valence-corrected chi connectivity index (χ4v) is 2.32. The van der Waals surface area contributed by atoms with E-state index in [-0.39, 0.29) is 11.5 Å². The first-order valence-electron chi connectivity index (χ1n) is 5.48. The number of aldehydes is 1. The van der Waals surface area contributed by atoms with Crippen LogP contribution in [0.15, 0.2) is 24.3 Å². The molecule has 2 aromatic rings. The summed E-state index contributed by atoms with van der Waals surface area (Å²) in [5.74, 6) is -0.369. The number of thiazole rings is 1. The summed E-state index contributed by atoms with van der Waals surface area (Å²) in [6.45, 7) is 1.86. The van der Waals surface area contributed by atoms with E-state index in [9.17, 15) is 9.59 Å². The number of carboxylic acid groups (broad SMARTS) is 1. The molecule has 0 saturated carbocycles. The summed E-state index contributed by atoms with van der Waals surface area (Å²) >= 11 is 1.10. The molecule has 98 valence electrons. The zero-order chi connectivity index (χ0) is 13.8. The number of aromatic nitrogens is 1. The summed E-state index contributed by atoms with van der Waals surface area (Å²) in [6.07, 6.45) is 0.757. The maximum Gasteiger partial charge on any atom is 0.347 e. The maximum absolute atomic E-state index is 10.9. The van der Waals surface area contributed by atoms with Crippen molar-refractivity contribution in [1.29, 1.82) is 0 Å². The molecule has 19 heavy (non-hydrogen) atoms. The number of nitrogens with zero attached hydrogens (tertiary/aromatic N) is 1. The predicted octanol–water partition coefficient (Wildman–Crippen LogP) is 2.54. The van der Waals surface area contributed by atoms with Crippen LogP contribution in [-0.4, -0.2) is 22.3 Å². The molecule has 0 aliphatic carbocycles. The van der Waals surface area contributed by atoms with Crippen LogP contribution in [0, 0.1) is 6.92 Å². The number of ether oxygens (including phenoxy) is 1. The van der Waals surface area contributed by atoms with Gasteiger partial charge in [0.05, 0.1) is 5.69 Å². The molecular weight excluding hydrogens is 266 g/mol. The van der Waals surface area contributed by atoms with Gasteiger partial charge in [-0.1, -0.05) is 0 Å². The van der Waals surface area contributed by atoms with E-state index in [1.807, 2.05) is 0 Å². The topological polar surface area (TPSA) is 76.5 Å². The summed E-state index contributed by atoms with van der Waals surface area (Å²) < 4.78 is 5.48. The second kappa shape index (κ2) is 5.62. The SMILES string of the molecule is Cc1nc(COc2ccc(C=O)cc2)sc1C(=O)O. The maximum atomic E-state index is 10.9. The molecule has 6 heteroatoms. The molecule has 1 aromatic heterocycles. The fraction of sp³-hybridized carbons (Fsp3) is 0.154. The van der Waals surface area contributed by atoms with Gasteiger partial charge in [0.25, 0.3) is 0 Å². The van der Waals surface area contributed by atoms with Crippen LogP contribution in [0.1, 0.15) is 30.7 Å². The lowest BCUT2D eigenvalue weighted by Gasteiger charge is -2.03. The minimum Gasteiger partial charge on any atom is -0.486 e. The van der Waals surface area contributed by atoms with Crippen molar-refractivity contribution in [1.82, 2.24) is 4.98 Å². The van der Waals surface area contributed by atoms with E-state index in [0.717, 1.165) is 17.6 Å². The average Bonchev–Trinajstić information content (AvgIpc) is 2.78. The Morgan fingerprint density at radius 3 is 2.63 bits per heavy atom. The lowest BCUT2D eigenvalue weighted by Crippen LogP contribution is -1.95. The van der Waals surface area contributed by atoms with E-state index in [4.69, 9.17) is 9.84 Å². The van der Waals surface area contributed by atoms with E-state index >= 15 is 0 Å². The summed E-state index contributed by atoms with van der Waals surface area (Å²) in [5, 5.41) is 9.52. The quantitative estimate of drug-likeness (QED) is 0.850. The highest BCUT2D eigenvalue weighted by atomic mass is 32.1. The first kappa shape index (κ1) is 13.2. The molecule has 0 aliphatic heterocycles. The van der Waals surface area contributed by atoms with Crippen LogP contribution in [0.2, 0.25) is 0 Å². The standard InChI is InChI=1S/C13H11NO4S/c1-8-12(13(16)17)19-11(14-8)7-18-10-4-2-9(6-15)3-5-10/h2-6H,7H2,1H3,(H,16,17). The second-order valence-corrected chi connectivity index (χ2v) is 4.89. The Labute approximate surface area is 113 Å². The molecule has 2 rings (SSSR count). The Hall–Kier alpha value is -2.21. The number of benzene rings is 1. The van der Waals surface area contributed by atoms with Crippen molar-refractivity contribution in [3.63, 3.8) is 0 Å². The molecule has 0 amide bonds. The van der Waals surface area contributed by atoms with Crippen molar-refractivity contribution in [2.24, 2.45) is 0 Å². The molecule has 0 saturated heterocycles. The Morgan fingerprint density at radius 1 is 1.42 bits per heavy atom. The molecule has 0 aliphatic rings. The van der Waals surface area contributed by atoms with Gasteiger partial charge in [0.2, 0.25) is 0 Å². The molecule has 1 heterocycles. The minimum atomic E-state index is -0.975. The molecule has 5 nitrogen and oxygen atoms in total. The van der Waals surface area contributed by atoms with Crippen molar-refractivity contribution < 1.29 is 19.4 Å². The molecule has 0 radical (unpaired) electrons. The van der Waals surface area contributed by atoms with Gasteiger partial charge in [0.15, 0.2) is 0 Å².